The SMILES string of the molecule is COc1ccccc1CNC(=O)[C@@H](C)Sc1ccc(=O)n(-c2ccc(C)c(C)c2)n1. The van der Waals surface area contributed by atoms with Crippen LogP contribution in [0.15, 0.2) is 64.4 Å². The number of aromatic nitrogens is 2. The summed E-state index contributed by atoms with van der Waals surface area (Å²) in [6, 6.07) is 16.5. The minimum absolute atomic E-state index is 0.114. The van der Waals surface area contributed by atoms with E-state index in [9.17, 15) is 9.59 Å². The van der Waals surface area contributed by atoms with Gasteiger partial charge in [-0.05, 0) is 56.2 Å². The predicted molar refractivity (Wildman–Crippen MR) is 119 cm³/mol. The van der Waals surface area contributed by atoms with E-state index >= 15 is 0 Å². The molecular weight excluding hydrogens is 398 g/mol. The van der Waals surface area contributed by atoms with E-state index in [2.05, 4.69) is 10.4 Å². The number of hydrogen-bond donors (Lipinski definition) is 1. The lowest BCUT2D eigenvalue weighted by atomic mass is 10.1. The van der Waals surface area contributed by atoms with Crippen molar-refractivity contribution in [2.24, 2.45) is 0 Å². The molecule has 3 rings (SSSR count). The van der Waals surface area contributed by atoms with Gasteiger partial charge in [0.05, 0.1) is 18.0 Å². The molecule has 0 saturated heterocycles. The van der Waals surface area contributed by atoms with Gasteiger partial charge in [0, 0.05) is 18.2 Å². The van der Waals surface area contributed by atoms with Gasteiger partial charge < -0.3 is 10.1 Å². The fourth-order valence-corrected chi connectivity index (χ4v) is 3.74. The van der Waals surface area contributed by atoms with Gasteiger partial charge in [0.15, 0.2) is 0 Å². The Labute approximate surface area is 180 Å². The average Bonchev–Trinajstić information content (AvgIpc) is 2.75. The molecule has 0 unspecified atom stereocenters. The van der Waals surface area contributed by atoms with Gasteiger partial charge in [0.1, 0.15) is 10.8 Å². The fourth-order valence-electron chi connectivity index (χ4n) is 2.91. The van der Waals surface area contributed by atoms with Crippen LogP contribution in [0.2, 0.25) is 0 Å². The van der Waals surface area contributed by atoms with Crippen LogP contribution in [0.25, 0.3) is 5.69 Å². The molecule has 3 aromatic rings. The fraction of sp³-hybridized carbons (Fsp3) is 0.261. The van der Waals surface area contributed by atoms with Gasteiger partial charge in [-0.2, -0.15) is 9.78 Å². The molecule has 30 heavy (non-hydrogen) atoms. The topological polar surface area (TPSA) is 73.2 Å². The number of ether oxygens (including phenoxy) is 1. The highest BCUT2D eigenvalue weighted by atomic mass is 32.2. The highest BCUT2D eigenvalue weighted by molar-refractivity contribution is 8.00. The third kappa shape index (κ3) is 5.10. The second-order valence-corrected chi connectivity index (χ2v) is 8.34. The van der Waals surface area contributed by atoms with Crippen LogP contribution in [0, 0.1) is 13.8 Å². The van der Waals surface area contributed by atoms with Crippen molar-refractivity contribution >= 4 is 17.7 Å². The minimum atomic E-state index is -0.377. The number of nitrogens with zero attached hydrogens (tertiary/aromatic N) is 2. The zero-order valence-electron chi connectivity index (χ0n) is 17.5. The molecule has 0 radical (unpaired) electrons. The minimum Gasteiger partial charge on any atom is -0.496 e. The Kier molecular flexibility index (Phi) is 6.95. The molecule has 1 atom stereocenters. The first-order valence-electron chi connectivity index (χ1n) is 9.63. The lowest BCUT2D eigenvalue weighted by molar-refractivity contribution is -0.120. The highest BCUT2D eigenvalue weighted by Gasteiger charge is 2.16. The summed E-state index contributed by atoms with van der Waals surface area (Å²) >= 11 is 1.31. The van der Waals surface area contributed by atoms with Gasteiger partial charge in [0.25, 0.3) is 5.56 Å². The van der Waals surface area contributed by atoms with Gasteiger partial charge in [-0.25, -0.2) is 0 Å². The van der Waals surface area contributed by atoms with Crippen molar-refractivity contribution in [1.29, 1.82) is 0 Å². The second kappa shape index (κ2) is 9.63. The number of thioether (sulfide) groups is 1. The molecule has 6 nitrogen and oxygen atoms in total. The van der Waals surface area contributed by atoms with Gasteiger partial charge in [-0.1, -0.05) is 36.0 Å². The van der Waals surface area contributed by atoms with Crippen molar-refractivity contribution in [2.75, 3.05) is 7.11 Å². The van der Waals surface area contributed by atoms with E-state index in [4.69, 9.17) is 4.74 Å². The summed E-state index contributed by atoms with van der Waals surface area (Å²) in [4.78, 5) is 24.9. The highest BCUT2D eigenvalue weighted by Crippen LogP contribution is 2.22. The number of amides is 1. The normalized spacial score (nSPS) is 11.7. The van der Waals surface area contributed by atoms with Crippen molar-refractivity contribution in [2.45, 2.75) is 37.6 Å². The average molecular weight is 424 g/mol. The molecule has 0 aliphatic carbocycles. The third-order valence-corrected chi connectivity index (χ3v) is 5.85. The Balaban J connectivity index is 1.70. The molecule has 0 saturated carbocycles. The van der Waals surface area contributed by atoms with Crippen LogP contribution in [-0.2, 0) is 11.3 Å². The Morgan fingerprint density at radius 2 is 1.90 bits per heavy atom. The monoisotopic (exact) mass is 423 g/mol. The maximum atomic E-state index is 12.6. The molecule has 7 heteroatoms. The Morgan fingerprint density at radius 1 is 1.13 bits per heavy atom. The summed E-state index contributed by atoms with van der Waals surface area (Å²) in [5.74, 6) is 0.622. The first-order chi connectivity index (χ1) is 14.4. The predicted octanol–water partition coefficient (Wildman–Crippen LogP) is 3.65. The van der Waals surface area contributed by atoms with Crippen LogP contribution in [0.3, 0.4) is 0 Å². The lowest BCUT2D eigenvalue weighted by Gasteiger charge is -2.14. The first-order valence-corrected chi connectivity index (χ1v) is 10.5. The number of carbonyl (C=O) groups excluding carboxylic acids is 1. The van der Waals surface area contributed by atoms with Gasteiger partial charge in [-0.15, -0.1) is 0 Å². The zero-order valence-corrected chi connectivity index (χ0v) is 18.3. The van der Waals surface area contributed by atoms with E-state index in [0.29, 0.717) is 17.3 Å². The van der Waals surface area contributed by atoms with E-state index in [1.165, 1.54) is 22.5 Å². The molecule has 1 N–H and O–H groups in total. The molecule has 0 aliphatic rings. The molecule has 0 aliphatic heterocycles. The van der Waals surface area contributed by atoms with Crippen LogP contribution in [0.5, 0.6) is 5.75 Å². The standard InChI is InChI=1S/C23H25N3O3S/c1-15-9-10-19(13-16(15)2)26-22(27)12-11-21(25-26)30-17(3)23(28)24-14-18-7-5-6-8-20(18)29-4/h5-13,17H,14H2,1-4H3,(H,24,28)/t17-/m1/s1. The van der Waals surface area contributed by atoms with Crippen molar-refractivity contribution in [3.05, 3.63) is 81.6 Å². The van der Waals surface area contributed by atoms with Gasteiger partial charge in [0.2, 0.25) is 5.91 Å². The summed E-state index contributed by atoms with van der Waals surface area (Å²) in [7, 11) is 1.61. The van der Waals surface area contributed by atoms with Crippen LogP contribution in [0.4, 0.5) is 0 Å². The summed E-state index contributed by atoms with van der Waals surface area (Å²) in [6.45, 7) is 6.21. The van der Waals surface area contributed by atoms with Gasteiger partial charge in [-0.3, -0.25) is 9.59 Å². The molecule has 156 valence electrons. The quantitative estimate of drug-likeness (QED) is 0.587. The molecule has 1 heterocycles. The molecule has 2 aromatic carbocycles. The number of rotatable bonds is 7. The van der Waals surface area contributed by atoms with Crippen molar-refractivity contribution in [1.82, 2.24) is 15.1 Å². The Morgan fingerprint density at radius 3 is 2.63 bits per heavy atom. The molecule has 1 aromatic heterocycles. The van der Waals surface area contributed by atoms with Crippen molar-refractivity contribution in [3.8, 4) is 11.4 Å². The van der Waals surface area contributed by atoms with E-state index in [1.54, 1.807) is 13.2 Å². The van der Waals surface area contributed by atoms with Crippen molar-refractivity contribution < 1.29 is 9.53 Å². The number of methoxy groups -OCH3 is 1. The number of nitrogens with one attached hydrogen (secondary N) is 1. The third-order valence-electron chi connectivity index (χ3n) is 4.82. The second-order valence-electron chi connectivity index (χ2n) is 6.98. The Bertz CT molecular complexity index is 1110. The van der Waals surface area contributed by atoms with Crippen LogP contribution < -0.4 is 15.6 Å². The molecule has 0 spiro atoms. The maximum Gasteiger partial charge on any atom is 0.271 e. The summed E-state index contributed by atoms with van der Waals surface area (Å²) in [6.07, 6.45) is 0. The number of para-hydroxylation sites is 1. The van der Waals surface area contributed by atoms with E-state index in [0.717, 1.165) is 22.4 Å². The van der Waals surface area contributed by atoms with Crippen LogP contribution in [0.1, 0.15) is 23.6 Å². The molecule has 0 fully saturated rings. The first kappa shape index (κ1) is 21.6. The summed E-state index contributed by atoms with van der Waals surface area (Å²) in [5.41, 5.74) is 3.64. The molecule has 0 bridgehead atoms. The largest absolute Gasteiger partial charge is 0.496 e. The Hall–Kier alpha value is -3.06. The van der Waals surface area contributed by atoms with E-state index < -0.39 is 0 Å². The number of hydrogen-bond acceptors (Lipinski definition) is 5. The summed E-state index contributed by atoms with van der Waals surface area (Å²) in [5, 5.41) is 7.60. The number of benzene rings is 2. The molecular formula is C23H25N3O3S. The van der Waals surface area contributed by atoms with E-state index in [1.807, 2.05) is 63.2 Å². The number of carbonyl (C=O) groups is 1. The van der Waals surface area contributed by atoms with E-state index in [-0.39, 0.29) is 16.7 Å². The lowest BCUT2D eigenvalue weighted by Crippen LogP contribution is -2.31. The van der Waals surface area contributed by atoms with Crippen LogP contribution >= 0.6 is 11.8 Å². The van der Waals surface area contributed by atoms with Crippen LogP contribution in [-0.4, -0.2) is 28.0 Å². The number of aryl methyl sites for hydroxylation is 2. The molecule has 1 amide bonds. The van der Waals surface area contributed by atoms with Gasteiger partial charge >= 0.3 is 0 Å². The maximum absolute atomic E-state index is 12.6. The summed E-state index contributed by atoms with van der Waals surface area (Å²) < 4.78 is 6.69. The smallest absolute Gasteiger partial charge is 0.271 e. The van der Waals surface area contributed by atoms with Crippen molar-refractivity contribution in [3.63, 3.8) is 0 Å². The zero-order chi connectivity index (χ0) is 21.7.